The Morgan fingerprint density at radius 2 is 2.11 bits per heavy atom. The molecular formula is C12H14N6O. The van der Waals surface area contributed by atoms with Crippen LogP contribution in [0.25, 0.3) is 11.2 Å². The molecule has 3 rings (SSSR count). The summed E-state index contributed by atoms with van der Waals surface area (Å²) in [6.45, 7) is 2.55. The van der Waals surface area contributed by atoms with Crippen LogP contribution in [-0.2, 0) is 6.54 Å². The topological polar surface area (TPSA) is 72.9 Å². The maximum atomic E-state index is 4.94. The minimum atomic E-state index is 0.586. The van der Waals surface area contributed by atoms with E-state index in [2.05, 4.69) is 20.1 Å². The summed E-state index contributed by atoms with van der Waals surface area (Å²) >= 11 is 0. The van der Waals surface area contributed by atoms with Crippen LogP contribution in [0.3, 0.4) is 0 Å². The molecule has 3 aromatic rings. The fraction of sp³-hybridized carbons (Fsp3) is 0.333. The molecule has 0 unspecified atom stereocenters. The van der Waals surface area contributed by atoms with E-state index in [0.717, 1.165) is 28.2 Å². The van der Waals surface area contributed by atoms with Gasteiger partial charge in [-0.15, -0.1) is 0 Å². The minimum Gasteiger partial charge on any atom is -0.364 e. The summed E-state index contributed by atoms with van der Waals surface area (Å²) in [7, 11) is 3.87. The largest absolute Gasteiger partial charge is 0.364 e. The summed E-state index contributed by atoms with van der Waals surface area (Å²) in [5.74, 6) is 0.806. The molecule has 7 nitrogen and oxygen atoms in total. The van der Waals surface area contributed by atoms with Crippen molar-refractivity contribution in [3.8, 4) is 0 Å². The Morgan fingerprint density at radius 1 is 1.26 bits per heavy atom. The molecule has 0 aliphatic carbocycles. The summed E-state index contributed by atoms with van der Waals surface area (Å²) < 4.78 is 6.88. The second-order valence-corrected chi connectivity index (χ2v) is 4.58. The number of aryl methyl sites for hydroxylation is 1. The first kappa shape index (κ1) is 11.6. The zero-order valence-electron chi connectivity index (χ0n) is 11.0. The molecular weight excluding hydrogens is 244 g/mol. The highest BCUT2D eigenvalue weighted by atomic mass is 16.5. The van der Waals surface area contributed by atoms with E-state index in [1.54, 1.807) is 18.9 Å². The summed E-state index contributed by atoms with van der Waals surface area (Å²) in [4.78, 5) is 14.8. The third-order valence-corrected chi connectivity index (χ3v) is 2.97. The first-order valence-corrected chi connectivity index (χ1v) is 5.90. The normalized spacial score (nSPS) is 11.1. The van der Waals surface area contributed by atoms with Gasteiger partial charge in [-0.25, -0.2) is 15.0 Å². The molecule has 98 valence electrons. The molecule has 0 N–H and O–H groups in total. The van der Waals surface area contributed by atoms with Gasteiger partial charge in [-0.3, -0.25) is 0 Å². The molecule has 19 heavy (non-hydrogen) atoms. The third kappa shape index (κ3) is 1.92. The van der Waals surface area contributed by atoms with E-state index in [4.69, 9.17) is 4.52 Å². The molecule has 0 amide bonds. The van der Waals surface area contributed by atoms with Crippen LogP contribution < -0.4 is 4.90 Å². The highest BCUT2D eigenvalue weighted by molar-refractivity contribution is 5.83. The SMILES string of the molecule is Cc1conc1Cn1cnc2c(N(C)C)ncnc21. The van der Waals surface area contributed by atoms with Gasteiger partial charge in [0.1, 0.15) is 18.3 Å². The molecule has 0 spiro atoms. The fourth-order valence-electron chi connectivity index (χ4n) is 1.94. The molecule has 0 aliphatic rings. The van der Waals surface area contributed by atoms with Crippen molar-refractivity contribution in [3.05, 3.63) is 30.2 Å². The average Bonchev–Trinajstić information content (AvgIpc) is 2.97. The number of fused-ring (bicyclic) bond motifs is 1. The van der Waals surface area contributed by atoms with Crippen molar-refractivity contribution >= 4 is 17.0 Å². The van der Waals surface area contributed by atoms with Crippen molar-refractivity contribution in [2.45, 2.75) is 13.5 Å². The number of aromatic nitrogens is 5. The maximum absolute atomic E-state index is 4.94. The molecule has 0 saturated heterocycles. The molecule has 0 aliphatic heterocycles. The Morgan fingerprint density at radius 3 is 2.79 bits per heavy atom. The van der Waals surface area contributed by atoms with E-state index in [1.807, 2.05) is 30.5 Å². The van der Waals surface area contributed by atoms with Crippen molar-refractivity contribution in [1.82, 2.24) is 24.7 Å². The smallest absolute Gasteiger partial charge is 0.165 e. The lowest BCUT2D eigenvalue weighted by atomic mass is 10.3. The van der Waals surface area contributed by atoms with Gasteiger partial charge in [0, 0.05) is 19.7 Å². The van der Waals surface area contributed by atoms with E-state index in [9.17, 15) is 0 Å². The minimum absolute atomic E-state index is 0.586. The average molecular weight is 258 g/mol. The van der Waals surface area contributed by atoms with Crippen molar-refractivity contribution in [2.75, 3.05) is 19.0 Å². The summed E-state index contributed by atoms with van der Waals surface area (Å²) in [6.07, 6.45) is 4.93. The lowest BCUT2D eigenvalue weighted by Gasteiger charge is -2.10. The second-order valence-electron chi connectivity index (χ2n) is 4.58. The zero-order chi connectivity index (χ0) is 13.4. The Labute approximate surface area is 109 Å². The molecule has 0 atom stereocenters. The van der Waals surface area contributed by atoms with Crippen LogP contribution in [-0.4, -0.2) is 38.8 Å². The number of rotatable bonds is 3. The number of imidazole rings is 1. The van der Waals surface area contributed by atoms with E-state index in [0.29, 0.717) is 6.54 Å². The van der Waals surface area contributed by atoms with Crippen LogP contribution in [0.4, 0.5) is 5.82 Å². The Bertz CT molecular complexity index is 714. The van der Waals surface area contributed by atoms with Crippen LogP contribution in [0.2, 0.25) is 0 Å². The maximum Gasteiger partial charge on any atom is 0.165 e. The van der Waals surface area contributed by atoms with Crippen LogP contribution in [0.15, 0.2) is 23.4 Å². The van der Waals surface area contributed by atoms with Gasteiger partial charge in [-0.05, 0) is 6.92 Å². The van der Waals surface area contributed by atoms with E-state index < -0.39 is 0 Å². The van der Waals surface area contributed by atoms with Crippen molar-refractivity contribution in [2.24, 2.45) is 0 Å². The predicted molar refractivity (Wildman–Crippen MR) is 70.0 cm³/mol. The lowest BCUT2D eigenvalue weighted by Crippen LogP contribution is -2.11. The first-order valence-electron chi connectivity index (χ1n) is 5.90. The molecule has 0 radical (unpaired) electrons. The number of nitrogens with zero attached hydrogens (tertiary/aromatic N) is 6. The van der Waals surface area contributed by atoms with E-state index >= 15 is 0 Å². The highest BCUT2D eigenvalue weighted by Gasteiger charge is 2.13. The van der Waals surface area contributed by atoms with Gasteiger partial charge in [0.25, 0.3) is 0 Å². The number of anilines is 1. The van der Waals surface area contributed by atoms with Crippen molar-refractivity contribution < 1.29 is 4.52 Å². The standard InChI is InChI=1S/C12H14N6O/c1-8-5-19-16-9(8)4-18-7-15-10-11(17(2)3)13-6-14-12(10)18/h5-7H,4H2,1-3H3. The summed E-state index contributed by atoms with van der Waals surface area (Å²) in [5.41, 5.74) is 3.47. The Balaban J connectivity index is 2.06. The third-order valence-electron chi connectivity index (χ3n) is 2.97. The van der Waals surface area contributed by atoms with Crippen molar-refractivity contribution in [1.29, 1.82) is 0 Å². The van der Waals surface area contributed by atoms with Crippen LogP contribution in [0.1, 0.15) is 11.3 Å². The van der Waals surface area contributed by atoms with E-state index in [-0.39, 0.29) is 0 Å². The van der Waals surface area contributed by atoms with Gasteiger partial charge in [0.15, 0.2) is 17.0 Å². The lowest BCUT2D eigenvalue weighted by molar-refractivity contribution is 0.409. The Hall–Kier alpha value is -2.44. The molecule has 0 saturated carbocycles. The van der Waals surface area contributed by atoms with Crippen LogP contribution >= 0.6 is 0 Å². The highest BCUT2D eigenvalue weighted by Crippen LogP contribution is 2.20. The molecule has 3 aromatic heterocycles. The fourth-order valence-corrected chi connectivity index (χ4v) is 1.94. The summed E-state index contributed by atoms with van der Waals surface area (Å²) in [6, 6.07) is 0. The van der Waals surface area contributed by atoms with E-state index in [1.165, 1.54) is 0 Å². The zero-order valence-corrected chi connectivity index (χ0v) is 11.0. The number of hydrogen-bond acceptors (Lipinski definition) is 6. The van der Waals surface area contributed by atoms with Gasteiger partial charge < -0.3 is 14.0 Å². The van der Waals surface area contributed by atoms with Gasteiger partial charge in [-0.1, -0.05) is 5.16 Å². The molecule has 3 heterocycles. The van der Waals surface area contributed by atoms with Gasteiger partial charge in [0.05, 0.1) is 12.9 Å². The first-order chi connectivity index (χ1) is 9.16. The number of hydrogen-bond donors (Lipinski definition) is 0. The second kappa shape index (κ2) is 4.34. The molecule has 0 fully saturated rings. The van der Waals surface area contributed by atoms with Crippen molar-refractivity contribution in [3.63, 3.8) is 0 Å². The molecule has 0 aromatic carbocycles. The van der Waals surface area contributed by atoms with Gasteiger partial charge in [0.2, 0.25) is 0 Å². The van der Waals surface area contributed by atoms with Crippen LogP contribution in [0, 0.1) is 6.92 Å². The van der Waals surface area contributed by atoms with Gasteiger partial charge >= 0.3 is 0 Å². The quantitative estimate of drug-likeness (QED) is 0.703. The predicted octanol–water partition coefficient (Wildman–Crippen LogP) is 1.24. The molecule has 0 bridgehead atoms. The Kier molecular flexibility index (Phi) is 2.66. The summed E-state index contributed by atoms with van der Waals surface area (Å²) in [5, 5.41) is 3.98. The van der Waals surface area contributed by atoms with Gasteiger partial charge in [-0.2, -0.15) is 0 Å². The van der Waals surface area contributed by atoms with Crippen LogP contribution in [0.5, 0.6) is 0 Å². The molecule has 7 heteroatoms. The monoisotopic (exact) mass is 258 g/mol.